The Morgan fingerprint density at radius 2 is 1.81 bits per heavy atom. The molecule has 136 valence electrons. The van der Waals surface area contributed by atoms with Gasteiger partial charge in [-0.15, -0.1) is 0 Å². The monoisotopic (exact) mass is 360 g/mol. The van der Waals surface area contributed by atoms with Crippen molar-refractivity contribution >= 4 is 23.0 Å². The first-order chi connectivity index (χ1) is 13.3. The number of rotatable bonds is 3. The Kier molecular flexibility index (Phi) is 3.81. The molecule has 0 aliphatic carbocycles. The number of benzene rings is 2. The molecule has 0 saturated heterocycles. The molecule has 1 aromatic heterocycles. The summed E-state index contributed by atoms with van der Waals surface area (Å²) in [5, 5.41) is 3.37. The Morgan fingerprint density at radius 3 is 2.74 bits per heavy atom. The van der Waals surface area contributed by atoms with Gasteiger partial charge in [-0.3, -0.25) is 0 Å². The van der Waals surface area contributed by atoms with Gasteiger partial charge in [0, 0.05) is 30.1 Å². The van der Waals surface area contributed by atoms with Gasteiger partial charge in [0.15, 0.2) is 11.5 Å². The molecule has 3 aromatic rings. The molecule has 0 bridgehead atoms. The smallest absolute Gasteiger partial charge is 0.163 e. The van der Waals surface area contributed by atoms with Crippen molar-refractivity contribution < 1.29 is 9.47 Å². The number of hydrogen-bond acceptors (Lipinski definition) is 6. The summed E-state index contributed by atoms with van der Waals surface area (Å²) in [5.74, 6) is 3.94. The zero-order valence-corrected chi connectivity index (χ0v) is 15.1. The first-order valence-electron chi connectivity index (χ1n) is 9.14. The van der Waals surface area contributed by atoms with Crippen LogP contribution in [0.4, 0.5) is 23.0 Å². The van der Waals surface area contributed by atoms with Crippen molar-refractivity contribution in [3.05, 3.63) is 59.9 Å². The second-order valence-electron chi connectivity index (χ2n) is 6.67. The summed E-state index contributed by atoms with van der Waals surface area (Å²) in [7, 11) is 0. The number of hydrogen-bond donors (Lipinski definition) is 1. The van der Waals surface area contributed by atoms with E-state index in [9.17, 15) is 0 Å². The van der Waals surface area contributed by atoms with Crippen LogP contribution in [0, 0.1) is 6.92 Å². The molecular formula is C21H20N4O2. The van der Waals surface area contributed by atoms with Crippen molar-refractivity contribution in [3.8, 4) is 11.5 Å². The number of fused-ring (bicyclic) bond motifs is 2. The molecule has 0 saturated carbocycles. The van der Waals surface area contributed by atoms with E-state index in [4.69, 9.17) is 9.47 Å². The van der Waals surface area contributed by atoms with Gasteiger partial charge < -0.3 is 19.7 Å². The number of nitrogens with zero attached hydrogens (tertiary/aromatic N) is 3. The summed E-state index contributed by atoms with van der Waals surface area (Å²) >= 11 is 0. The van der Waals surface area contributed by atoms with Crippen LogP contribution in [-0.2, 0) is 6.42 Å². The van der Waals surface area contributed by atoms with E-state index in [0.717, 1.165) is 47.6 Å². The van der Waals surface area contributed by atoms with Gasteiger partial charge in [0.25, 0.3) is 0 Å². The zero-order chi connectivity index (χ0) is 18.2. The second kappa shape index (κ2) is 6.46. The largest absolute Gasteiger partial charge is 0.486 e. The normalized spacial score (nSPS) is 14.8. The van der Waals surface area contributed by atoms with Crippen LogP contribution in [0.25, 0.3) is 0 Å². The topological polar surface area (TPSA) is 59.5 Å². The lowest BCUT2D eigenvalue weighted by Crippen LogP contribution is -2.16. The van der Waals surface area contributed by atoms with E-state index in [1.807, 2.05) is 31.2 Å². The van der Waals surface area contributed by atoms with Crippen LogP contribution in [0.15, 0.2) is 48.5 Å². The Bertz CT molecular complexity index is 1010. The van der Waals surface area contributed by atoms with Gasteiger partial charge in [0.2, 0.25) is 0 Å². The lowest BCUT2D eigenvalue weighted by molar-refractivity contribution is 0.171. The lowest BCUT2D eigenvalue weighted by atomic mass is 10.2. The van der Waals surface area contributed by atoms with Gasteiger partial charge in [0.05, 0.1) is 0 Å². The fraction of sp³-hybridized carbons (Fsp3) is 0.238. The third-order valence-corrected chi connectivity index (χ3v) is 4.80. The number of anilines is 4. The average Bonchev–Trinajstić information content (AvgIpc) is 3.12. The Morgan fingerprint density at radius 1 is 0.963 bits per heavy atom. The third kappa shape index (κ3) is 3.03. The van der Waals surface area contributed by atoms with E-state index < -0.39 is 0 Å². The average molecular weight is 360 g/mol. The van der Waals surface area contributed by atoms with Crippen LogP contribution in [0.2, 0.25) is 0 Å². The number of aromatic nitrogens is 2. The minimum absolute atomic E-state index is 0.571. The van der Waals surface area contributed by atoms with Crippen LogP contribution >= 0.6 is 0 Å². The van der Waals surface area contributed by atoms with Crippen LogP contribution < -0.4 is 19.7 Å². The van der Waals surface area contributed by atoms with Crippen LogP contribution in [0.3, 0.4) is 0 Å². The predicted octanol–water partition coefficient (Wildman–Crippen LogP) is 3.99. The van der Waals surface area contributed by atoms with Crippen molar-refractivity contribution in [2.75, 3.05) is 30.0 Å². The highest BCUT2D eigenvalue weighted by atomic mass is 16.6. The lowest BCUT2D eigenvalue weighted by Gasteiger charge is -2.20. The molecule has 0 unspecified atom stereocenters. The summed E-state index contributed by atoms with van der Waals surface area (Å²) in [6.45, 7) is 4.01. The van der Waals surface area contributed by atoms with Crippen molar-refractivity contribution in [1.82, 2.24) is 9.97 Å². The minimum atomic E-state index is 0.571. The number of aryl methyl sites for hydroxylation is 1. The van der Waals surface area contributed by atoms with Crippen molar-refractivity contribution in [2.24, 2.45) is 0 Å². The van der Waals surface area contributed by atoms with E-state index in [0.29, 0.717) is 13.2 Å². The number of nitrogens with one attached hydrogen (secondary N) is 1. The van der Waals surface area contributed by atoms with Gasteiger partial charge in [-0.1, -0.05) is 18.2 Å². The first-order valence-corrected chi connectivity index (χ1v) is 9.14. The summed E-state index contributed by atoms with van der Waals surface area (Å²) in [4.78, 5) is 11.5. The molecule has 0 amide bonds. The predicted molar refractivity (Wildman–Crippen MR) is 105 cm³/mol. The van der Waals surface area contributed by atoms with Crippen LogP contribution in [0.5, 0.6) is 11.5 Å². The molecule has 6 heteroatoms. The van der Waals surface area contributed by atoms with Gasteiger partial charge in [-0.2, -0.15) is 0 Å². The standard InChI is InChI=1S/C21H20N4O2/c1-14-22-20(24-16-6-7-18-19(12-16)27-11-10-26-18)13-21(23-14)25-9-8-15-4-2-3-5-17(15)25/h2-7,12-13H,8-11H2,1H3,(H,22,23,24). The number of para-hydroxylation sites is 1. The Labute approximate surface area is 157 Å². The molecule has 2 aliphatic rings. The van der Waals surface area contributed by atoms with E-state index in [2.05, 4.69) is 44.5 Å². The summed E-state index contributed by atoms with van der Waals surface area (Å²) in [5.41, 5.74) is 3.49. The molecular weight excluding hydrogens is 340 g/mol. The number of ether oxygens (including phenoxy) is 2. The highest BCUT2D eigenvalue weighted by molar-refractivity contribution is 5.70. The molecule has 3 heterocycles. The molecule has 27 heavy (non-hydrogen) atoms. The fourth-order valence-electron chi connectivity index (χ4n) is 3.60. The van der Waals surface area contributed by atoms with E-state index in [1.165, 1.54) is 11.3 Å². The van der Waals surface area contributed by atoms with Gasteiger partial charge in [-0.25, -0.2) is 9.97 Å². The van der Waals surface area contributed by atoms with Crippen molar-refractivity contribution in [1.29, 1.82) is 0 Å². The third-order valence-electron chi connectivity index (χ3n) is 4.80. The minimum Gasteiger partial charge on any atom is -0.486 e. The Hall–Kier alpha value is -3.28. The van der Waals surface area contributed by atoms with Crippen LogP contribution in [0.1, 0.15) is 11.4 Å². The molecule has 0 fully saturated rings. The SMILES string of the molecule is Cc1nc(Nc2ccc3c(c2)OCCO3)cc(N2CCc3ccccc32)n1. The molecule has 5 rings (SSSR count). The second-order valence-corrected chi connectivity index (χ2v) is 6.67. The maximum absolute atomic E-state index is 5.66. The highest BCUT2D eigenvalue weighted by Crippen LogP contribution is 2.36. The van der Waals surface area contributed by atoms with Crippen molar-refractivity contribution in [3.63, 3.8) is 0 Å². The summed E-state index contributed by atoms with van der Waals surface area (Å²) in [6.07, 6.45) is 1.03. The first kappa shape index (κ1) is 15.9. The molecule has 2 aliphatic heterocycles. The molecule has 2 aromatic carbocycles. The zero-order valence-electron chi connectivity index (χ0n) is 15.1. The summed E-state index contributed by atoms with van der Waals surface area (Å²) < 4.78 is 11.2. The van der Waals surface area contributed by atoms with Gasteiger partial charge in [-0.05, 0) is 37.1 Å². The molecule has 1 N–H and O–H groups in total. The quantitative estimate of drug-likeness (QED) is 0.762. The summed E-state index contributed by atoms with van der Waals surface area (Å²) in [6, 6.07) is 16.3. The fourth-order valence-corrected chi connectivity index (χ4v) is 3.60. The van der Waals surface area contributed by atoms with Crippen LogP contribution in [-0.4, -0.2) is 29.7 Å². The highest BCUT2D eigenvalue weighted by Gasteiger charge is 2.21. The Balaban J connectivity index is 1.45. The molecule has 0 spiro atoms. The maximum Gasteiger partial charge on any atom is 0.163 e. The molecule has 0 radical (unpaired) electrons. The molecule has 0 atom stereocenters. The van der Waals surface area contributed by atoms with E-state index in [-0.39, 0.29) is 0 Å². The van der Waals surface area contributed by atoms with Crippen molar-refractivity contribution in [2.45, 2.75) is 13.3 Å². The molecule has 6 nitrogen and oxygen atoms in total. The maximum atomic E-state index is 5.66. The van der Waals surface area contributed by atoms with E-state index >= 15 is 0 Å². The van der Waals surface area contributed by atoms with Gasteiger partial charge in [0.1, 0.15) is 30.7 Å². The van der Waals surface area contributed by atoms with E-state index in [1.54, 1.807) is 0 Å². The van der Waals surface area contributed by atoms with Gasteiger partial charge >= 0.3 is 0 Å².